The first-order valence-electron chi connectivity index (χ1n) is 5.44. The van der Waals surface area contributed by atoms with Crippen LogP contribution in [0.4, 0.5) is 13.2 Å². The maximum Gasteiger partial charge on any atom is 0.573 e. The van der Waals surface area contributed by atoms with Gasteiger partial charge in [0.2, 0.25) is 5.88 Å². The minimum absolute atomic E-state index is 0.0135. The predicted octanol–water partition coefficient (Wildman–Crippen LogP) is 2.66. The van der Waals surface area contributed by atoms with Crippen molar-refractivity contribution in [3.8, 4) is 17.4 Å². The van der Waals surface area contributed by atoms with Crippen LogP contribution < -0.4 is 9.47 Å². The molecule has 0 saturated heterocycles. The van der Waals surface area contributed by atoms with Gasteiger partial charge in [-0.25, -0.2) is 0 Å². The highest BCUT2D eigenvalue weighted by Gasteiger charge is 2.32. The molecule has 0 saturated carbocycles. The summed E-state index contributed by atoms with van der Waals surface area (Å²) in [6.07, 6.45) is -4.81. The molecule has 1 heterocycles. The Bertz CT molecular complexity index is 573. The number of hydrogen-bond donors (Lipinski definition) is 1. The van der Waals surface area contributed by atoms with Crippen molar-refractivity contribution in [1.82, 2.24) is 10.2 Å². The van der Waals surface area contributed by atoms with E-state index >= 15 is 0 Å². The smallest absolute Gasteiger partial charge is 0.434 e. The molecule has 0 aliphatic rings. The van der Waals surface area contributed by atoms with Gasteiger partial charge >= 0.3 is 6.36 Å². The fraction of sp³-hybridized carbons (Fsp3) is 0.167. The van der Waals surface area contributed by atoms with Gasteiger partial charge in [0.15, 0.2) is 11.5 Å². The van der Waals surface area contributed by atoms with Gasteiger partial charge in [0, 0.05) is 6.07 Å². The zero-order valence-corrected chi connectivity index (χ0v) is 9.96. The van der Waals surface area contributed by atoms with Crippen molar-refractivity contribution in [2.75, 3.05) is 0 Å². The van der Waals surface area contributed by atoms with Gasteiger partial charge in [0.25, 0.3) is 0 Å². The van der Waals surface area contributed by atoms with E-state index in [2.05, 4.69) is 14.9 Å². The van der Waals surface area contributed by atoms with Crippen LogP contribution in [-0.4, -0.2) is 21.7 Å². The molecular formula is C12H9F3N2O3. The van der Waals surface area contributed by atoms with E-state index in [0.717, 1.165) is 6.07 Å². The molecule has 0 atom stereocenters. The Kier molecular flexibility index (Phi) is 4.04. The van der Waals surface area contributed by atoms with Gasteiger partial charge < -0.3 is 14.6 Å². The summed E-state index contributed by atoms with van der Waals surface area (Å²) in [6.45, 7) is -0.291. The second kappa shape index (κ2) is 5.74. The molecule has 106 valence electrons. The maximum absolute atomic E-state index is 12.2. The van der Waals surface area contributed by atoms with Crippen LogP contribution in [0.5, 0.6) is 17.4 Å². The van der Waals surface area contributed by atoms with E-state index in [9.17, 15) is 13.2 Å². The van der Waals surface area contributed by atoms with E-state index in [0.29, 0.717) is 5.69 Å². The van der Waals surface area contributed by atoms with Gasteiger partial charge in [0.1, 0.15) is 0 Å². The third-order valence-electron chi connectivity index (χ3n) is 2.15. The number of aromatic nitrogens is 2. The molecule has 8 heteroatoms. The molecule has 0 unspecified atom stereocenters. The number of aliphatic hydroxyl groups excluding tert-OH is 1. The predicted molar refractivity (Wildman–Crippen MR) is 61.2 cm³/mol. The van der Waals surface area contributed by atoms with Crippen molar-refractivity contribution in [2.45, 2.75) is 13.0 Å². The second-order valence-electron chi connectivity index (χ2n) is 3.62. The Labute approximate surface area is 111 Å². The zero-order chi connectivity index (χ0) is 14.6. The Morgan fingerprint density at radius 3 is 2.25 bits per heavy atom. The number of benzene rings is 1. The number of ether oxygens (including phenoxy) is 2. The van der Waals surface area contributed by atoms with Crippen molar-refractivity contribution >= 4 is 0 Å². The van der Waals surface area contributed by atoms with Gasteiger partial charge in [-0.1, -0.05) is 12.1 Å². The lowest BCUT2D eigenvalue weighted by Crippen LogP contribution is -2.17. The summed E-state index contributed by atoms with van der Waals surface area (Å²) in [6, 6.07) is 8.13. The number of alkyl halides is 3. The summed E-state index contributed by atoms with van der Waals surface area (Å²) < 4.78 is 45.7. The lowest BCUT2D eigenvalue weighted by atomic mass is 10.3. The number of para-hydroxylation sites is 2. The second-order valence-corrected chi connectivity index (χ2v) is 3.62. The number of nitrogens with zero attached hydrogens (tertiary/aromatic N) is 2. The highest BCUT2D eigenvalue weighted by Crippen LogP contribution is 2.34. The maximum atomic E-state index is 12.2. The quantitative estimate of drug-likeness (QED) is 0.936. The van der Waals surface area contributed by atoms with Crippen molar-refractivity contribution in [3.05, 3.63) is 42.1 Å². The molecule has 0 bridgehead atoms. The molecule has 1 aromatic carbocycles. The van der Waals surface area contributed by atoms with Gasteiger partial charge in [-0.15, -0.1) is 23.4 Å². The number of rotatable bonds is 4. The summed E-state index contributed by atoms with van der Waals surface area (Å²) in [5, 5.41) is 16.0. The van der Waals surface area contributed by atoms with Crippen LogP contribution in [0.25, 0.3) is 0 Å². The molecule has 0 amide bonds. The van der Waals surface area contributed by atoms with Crippen molar-refractivity contribution < 1.29 is 27.8 Å². The topological polar surface area (TPSA) is 64.5 Å². The van der Waals surface area contributed by atoms with Gasteiger partial charge in [0.05, 0.1) is 12.3 Å². The van der Waals surface area contributed by atoms with Gasteiger partial charge in [-0.2, -0.15) is 0 Å². The van der Waals surface area contributed by atoms with E-state index in [1.165, 1.54) is 30.3 Å². The highest BCUT2D eigenvalue weighted by atomic mass is 19.4. The largest absolute Gasteiger partial charge is 0.573 e. The Hall–Kier alpha value is -2.35. The number of halogens is 3. The molecule has 5 nitrogen and oxygen atoms in total. The van der Waals surface area contributed by atoms with Crippen LogP contribution in [0.1, 0.15) is 5.69 Å². The minimum atomic E-state index is -4.81. The van der Waals surface area contributed by atoms with Gasteiger partial charge in [-0.05, 0) is 18.2 Å². The lowest BCUT2D eigenvalue weighted by molar-refractivity contribution is -0.275. The van der Waals surface area contributed by atoms with Crippen molar-refractivity contribution in [2.24, 2.45) is 0 Å². The first-order valence-corrected chi connectivity index (χ1v) is 5.44. The molecule has 0 aliphatic carbocycles. The van der Waals surface area contributed by atoms with Crippen LogP contribution in [0, 0.1) is 0 Å². The SMILES string of the molecule is OCc1ccc(Oc2ccccc2OC(F)(F)F)nn1. The van der Waals surface area contributed by atoms with Crippen molar-refractivity contribution in [1.29, 1.82) is 0 Å². The third kappa shape index (κ3) is 3.82. The standard InChI is InChI=1S/C12H9F3N2O3/c13-12(14,15)20-10-4-2-1-3-9(10)19-11-6-5-8(7-18)16-17-11/h1-6,18H,7H2. The van der Waals surface area contributed by atoms with Gasteiger partial charge in [-0.3, -0.25) is 0 Å². The molecule has 2 rings (SSSR count). The Morgan fingerprint density at radius 1 is 1.00 bits per heavy atom. The number of hydrogen-bond acceptors (Lipinski definition) is 5. The van der Waals surface area contributed by atoms with Crippen LogP contribution in [0.3, 0.4) is 0 Å². The van der Waals surface area contributed by atoms with E-state index in [1.807, 2.05) is 0 Å². The summed E-state index contributed by atoms with van der Waals surface area (Å²) in [4.78, 5) is 0. The first kappa shape index (κ1) is 14.1. The molecule has 1 aromatic heterocycles. The van der Waals surface area contributed by atoms with Crippen LogP contribution >= 0.6 is 0 Å². The van der Waals surface area contributed by atoms with Crippen LogP contribution in [0.15, 0.2) is 36.4 Å². The summed E-state index contributed by atoms with van der Waals surface area (Å²) in [5.41, 5.74) is 0.317. The molecule has 0 spiro atoms. The summed E-state index contributed by atoms with van der Waals surface area (Å²) in [7, 11) is 0. The average molecular weight is 286 g/mol. The molecule has 1 N–H and O–H groups in total. The normalized spacial score (nSPS) is 11.2. The third-order valence-corrected chi connectivity index (χ3v) is 2.15. The van der Waals surface area contributed by atoms with E-state index in [-0.39, 0.29) is 18.2 Å². The fourth-order valence-corrected chi connectivity index (χ4v) is 1.34. The summed E-state index contributed by atoms with van der Waals surface area (Å²) in [5.74, 6) is -0.635. The lowest BCUT2D eigenvalue weighted by Gasteiger charge is -2.12. The van der Waals surface area contributed by atoms with Crippen molar-refractivity contribution in [3.63, 3.8) is 0 Å². The Balaban J connectivity index is 2.19. The van der Waals surface area contributed by atoms with E-state index < -0.39 is 12.1 Å². The fourth-order valence-electron chi connectivity index (χ4n) is 1.34. The summed E-state index contributed by atoms with van der Waals surface area (Å²) >= 11 is 0. The number of aliphatic hydroxyl groups is 1. The molecule has 20 heavy (non-hydrogen) atoms. The minimum Gasteiger partial charge on any atom is -0.434 e. The monoisotopic (exact) mass is 286 g/mol. The molecule has 0 radical (unpaired) electrons. The Morgan fingerprint density at radius 2 is 1.70 bits per heavy atom. The van der Waals surface area contributed by atoms with E-state index in [1.54, 1.807) is 0 Å². The first-order chi connectivity index (χ1) is 9.48. The molecule has 0 fully saturated rings. The van der Waals surface area contributed by atoms with E-state index in [4.69, 9.17) is 9.84 Å². The molecular weight excluding hydrogens is 277 g/mol. The molecule has 0 aliphatic heterocycles. The van der Waals surface area contributed by atoms with Crippen LogP contribution in [0.2, 0.25) is 0 Å². The average Bonchev–Trinajstić information content (AvgIpc) is 2.40. The zero-order valence-electron chi connectivity index (χ0n) is 9.96. The highest BCUT2D eigenvalue weighted by molar-refractivity contribution is 5.41. The van der Waals surface area contributed by atoms with Crippen LogP contribution in [-0.2, 0) is 6.61 Å². The molecule has 2 aromatic rings.